The van der Waals surface area contributed by atoms with Crippen molar-refractivity contribution in [2.45, 2.75) is 76.2 Å². The van der Waals surface area contributed by atoms with E-state index in [4.69, 9.17) is 4.74 Å². The van der Waals surface area contributed by atoms with Gasteiger partial charge in [0.25, 0.3) is 5.91 Å². The highest BCUT2D eigenvalue weighted by Crippen LogP contribution is 2.52. The molecule has 4 aromatic rings. The van der Waals surface area contributed by atoms with Crippen molar-refractivity contribution in [1.82, 2.24) is 18.5 Å². The van der Waals surface area contributed by atoms with Crippen LogP contribution in [0.2, 0.25) is 0 Å². The summed E-state index contributed by atoms with van der Waals surface area (Å²) in [5, 5.41) is 10.2. The van der Waals surface area contributed by atoms with Gasteiger partial charge in [0.05, 0.1) is 29.9 Å². The first-order valence-electron chi connectivity index (χ1n) is 18.4. The summed E-state index contributed by atoms with van der Waals surface area (Å²) in [7, 11) is 0.413. The highest BCUT2D eigenvalue weighted by Gasteiger charge is 2.53. The Morgan fingerprint density at radius 1 is 0.923 bits per heavy atom. The molecule has 3 aliphatic rings. The quantitative estimate of drug-likeness (QED) is 0.189. The molecule has 0 unspecified atom stereocenters. The molecule has 2 aliphatic carbocycles. The Kier molecular flexibility index (Phi) is 9.89. The average Bonchev–Trinajstić information content (AvgIpc) is 3.89. The first kappa shape index (κ1) is 35.7. The highest BCUT2D eigenvalue weighted by atomic mass is 32.2. The van der Waals surface area contributed by atoms with Crippen LogP contribution in [0.3, 0.4) is 0 Å². The highest BCUT2D eigenvalue weighted by molar-refractivity contribution is 7.87. The number of carbonyl (C=O) groups is 2. The number of carbonyl (C=O) groups excluding carboxylic acids is 2. The molecule has 0 spiro atoms. The molecule has 3 aromatic carbocycles. The Morgan fingerprint density at radius 2 is 1.60 bits per heavy atom. The molecule has 2 heterocycles. The number of likely N-dealkylation sites (tertiary alicyclic amines) is 1. The fraction of sp³-hybridized carbons (Fsp3) is 0.439. The summed E-state index contributed by atoms with van der Waals surface area (Å²) in [4.78, 5) is 30.0. The molecule has 0 atom stereocenters. The molecule has 10 nitrogen and oxygen atoms in total. The van der Waals surface area contributed by atoms with Crippen LogP contribution in [0.4, 0.5) is 0 Å². The Bertz CT molecular complexity index is 2110. The number of piperidine rings is 1. The number of fused-ring (bicyclic) bond motifs is 1. The maximum absolute atomic E-state index is 14.5. The van der Waals surface area contributed by atoms with Gasteiger partial charge in [-0.15, -0.1) is 0 Å². The first-order valence-corrected chi connectivity index (χ1v) is 19.8. The molecule has 2 saturated carbocycles. The standard InChI is InChI=1S/C41H47N5O5S/c1-44(2)52(49,50)43-39(47)33-15-18-35-36(25-33)46(38(32-13-16-34(51-3)17-14-32)37(35)31-7-5-4-6-8-31)27-41(21-22-41)40(48)45-23-19-30(20-24-45)29-11-9-28(26-42)10-12-29/h9-18,25,30-31H,4-8,19-24,27H2,1-3H3,(H,43,47). The van der Waals surface area contributed by atoms with E-state index in [9.17, 15) is 23.3 Å². The number of nitriles is 1. The summed E-state index contributed by atoms with van der Waals surface area (Å²) >= 11 is 0. The van der Waals surface area contributed by atoms with Gasteiger partial charge in [-0.2, -0.15) is 18.0 Å². The second kappa shape index (κ2) is 14.4. The van der Waals surface area contributed by atoms with Crippen molar-refractivity contribution in [3.8, 4) is 23.1 Å². The Morgan fingerprint density at radius 3 is 2.19 bits per heavy atom. The lowest BCUT2D eigenvalue weighted by atomic mass is 9.81. The molecule has 1 aromatic heterocycles. The normalized spacial score (nSPS) is 17.9. The van der Waals surface area contributed by atoms with Gasteiger partial charge in [-0.1, -0.05) is 37.5 Å². The number of rotatable bonds is 10. The number of hydrogen-bond acceptors (Lipinski definition) is 6. The van der Waals surface area contributed by atoms with E-state index < -0.39 is 21.5 Å². The predicted octanol–water partition coefficient (Wildman–Crippen LogP) is 6.96. The van der Waals surface area contributed by atoms with Crippen LogP contribution in [0.5, 0.6) is 5.75 Å². The first-order chi connectivity index (χ1) is 25.0. The van der Waals surface area contributed by atoms with Gasteiger partial charge in [0, 0.05) is 50.2 Å². The molecule has 0 bridgehead atoms. The fourth-order valence-electron chi connectivity index (χ4n) is 8.29. The van der Waals surface area contributed by atoms with E-state index in [-0.39, 0.29) is 11.5 Å². The SMILES string of the molecule is COc1ccc(-c2c(C3CCCCC3)c3ccc(C(=O)NS(=O)(=O)N(C)C)cc3n2CC2(C(=O)N3CCC(c4ccc(C#N)cc4)CC3)CC2)cc1. The zero-order chi connectivity index (χ0) is 36.6. The maximum atomic E-state index is 14.5. The minimum absolute atomic E-state index is 0.179. The lowest BCUT2D eigenvalue weighted by molar-refractivity contribution is -0.138. The smallest absolute Gasteiger partial charge is 0.303 e. The van der Waals surface area contributed by atoms with Gasteiger partial charge in [0.15, 0.2) is 0 Å². The van der Waals surface area contributed by atoms with Gasteiger partial charge >= 0.3 is 10.2 Å². The van der Waals surface area contributed by atoms with Crippen molar-refractivity contribution in [1.29, 1.82) is 5.26 Å². The number of nitrogens with one attached hydrogen (secondary N) is 1. The van der Waals surface area contributed by atoms with E-state index >= 15 is 0 Å². The van der Waals surface area contributed by atoms with Crippen molar-refractivity contribution >= 4 is 32.9 Å². The maximum Gasteiger partial charge on any atom is 0.303 e. The third-order valence-electron chi connectivity index (χ3n) is 11.5. The third kappa shape index (κ3) is 6.94. The van der Waals surface area contributed by atoms with Crippen LogP contribution in [0.25, 0.3) is 22.2 Å². The van der Waals surface area contributed by atoms with Crippen LogP contribution in [0, 0.1) is 16.7 Å². The van der Waals surface area contributed by atoms with Crippen LogP contribution in [-0.4, -0.2) is 68.3 Å². The number of amides is 2. The zero-order valence-electron chi connectivity index (χ0n) is 30.2. The number of ether oxygens (including phenoxy) is 1. The molecular formula is C41H47N5O5S. The van der Waals surface area contributed by atoms with Gasteiger partial charge in [-0.05, 0) is 116 Å². The van der Waals surface area contributed by atoms with Gasteiger partial charge in [-0.25, -0.2) is 4.72 Å². The Hall–Kier alpha value is -4.66. The predicted molar refractivity (Wildman–Crippen MR) is 201 cm³/mol. The monoisotopic (exact) mass is 721 g/mol. The number of nitrogens with zero attached hydrogens (tertiary/aromatic N) is 4. The van der Waals surface area contributed by atoms with Gasteiger partial charge < -0.3 is 14.2 Å². The van der Waals surface area contributed by atoms with Crippen LogP contribution >= 0.6 is 0 Å². The molecule has 2 amide bonds. The van der Waals surface area contributed by atoms with E-state index in [1.807, 2.05) is 47.4 Å². The second-order valence-electron chi connectivity index (χ2n) is 14.9. The van der Waals surface area contributed by atoms with Crippen LogP contribution < -0.4 is 9.46 Å². The topological polar surface area (TPSA) is 125 Å². The molecule has 7 rings (SSSR count). The van der Waals surface area contributed by atoms with E-state index in [0.717, 1.165) is 83.6 Å². The molecule has 11 heteroatoms. The van der Waals surface area contributed by atoms with Crippen LogP contribution in [0.15, 0.2) is 66.7 Å². The van der Waals surface area contributed by atoms with E-state index in [1.54, 1.807) is 19.2 Å². The van der Waals surface area contributed by atoms with E-state index in [2.05, 4.69) is 27.5 Å². The Labute approximate surface area is 306 Å². The Balaban J connectivity index is 1.27. The van der Waals surface area contributed by atoms with Crippen molar-refractivity contribution in [3.05, 3.63) is 89.0 Å². The van der Waals surface area contributed by atoms with Crippen molar-refractivity contribution < 1.29 is 22.7 Å². The van der Waals surface area contributed by atoms with Gasteiger partial charge in [0.2, 0.25) is 5.91 Å². The summed E-state index contributed by atoms with van der Waals surface area (Å²) in [6.07, 6.45) is 8.91. The van der Waals surface area contributed by atoms with E-state index in [1.165, 1.54) is 31.6 Å². The third-order valence-corrected chi connectivity index (χ3v) is 12.9. The van der Waals surface area contributed by atoms with Gasteiger partial charge in [0.1, 0.15) is 5.75 Å². The molecular weight excluding hydrogens is 675 g/mol. The number of aromatic nitrogens is 1. The van der Waals surface area contributed by atoms with Crippen molar-refractivity contribution in [2.75, 3.05) is 34.3 Å². The second-order valence-corrected chi connectivity index (χ2v) is 16.8. The minimum atomic E-state index is -3.99. The van der Waals surface area contributed by atoms with E-state index in [0.29, 0.717) is 37.0 Å². The van der Waals surface area contributed by atoms with Crippen molar-refractivity contribution in [3.63, 3.8) is 0 Å². The van der Waals surface area contributed by atoms with Crippen LogP contribution in [-0.2, 0) is 21.5 Å². The molecule has 52 heavy (non-hydrogen) atoms. The summed E-state index contributed by atoms with van der Waals surface area (Å²) in [5.74, 6) is 0.899. The number of methoxy groups -OCH3 is 1. The summed E-state index contributed by atoms with van der Waals surface area (Å²) in [6.45, 7) is 1.83. The molecule has 1 N–H and O–H groups in total. The summed E-state index contributed by atoms with van der Waals surface area (Å²) in [5.41, 5.74) is 5.69. The summed E-state index contributed by atoms with van der Waals surface area (Å²) < 4.78 is 36.2. The lowest BCUT2D eigenvalue weighted by Gasteiger charge is -2.35. The van der Waals surface area contributed by atoms with Crippen molar-refractivity contribution in [2.24, 2.45) is 5.41 Å². The van der Waals surface area contributed by atoms with Gasteiger partial charge in [-0.3, -0.25) is 9.59 Å². The largest absolute Gasteiger partial charge is 0.497 e. The fourth-order valence-corrected chi connectivity index (χ4v) is 8.82. The molecule has 0 radical (unpaired) electrons. The molecule has 3 fully saturated rings. The number of benzene rings is 3. The molecule has 1 saturated heterocycles. The average molecular weight is 722 g/mol. The summed E-state index contributed by atoms with van der Waals surface area (Å²) in [6, 6.07) is 23.5. The van der Waals surface area contributed by atoms with Crippen LogP contribution in [0.1, 0.15) is 96.7 Å². The minimum Gasteiger partial charge on any atom is -0.497 e. The molecule has 1 aliphatic heterocycles. The zero-order valence-corrected chi connectivity index (χ0v) is 31.0. The molecule has 272 valence electrons. The number of hydrogen-bond donors (Lipinski definition) is 1. The lowest BCUT2D eigenvalue weighted by Crippen LogP contribution is -2.43.